The summed E-state index contributed by atoms with van der Waals surface area (Å²) in [6.45, 7) is 10.5. The topological polar surface area (TPSA) is 145 Å². The normalized spacial score (nSPS) is 35.6. The molecule has 11 nitrogen and oxygen atoms in total. The van der Waals surface area contributed by atoms with Gasteiger partial charge in [0.25, 0.3) is 0 Å². The quantitative estimate of drug-likeness (QED) is 0.195. The van der Waals surface area contributed by atoms with Crippen molar-refractivity contribution in [3.63, 3.8) is 0 Å². The monoisotopic (exact) mass is 570 g/mol. The van der Waals surface area contributed by atoms with Crippen LogP contribution in [-0.4, -0.2) is 96.7 Å². The van der Waals surface area contributed by atoms with E-state index < -0.39 is 48.4 Å². The van der Waals surface area contributed by atoms with Crippen molar-refractivity contribution >= 4 is 24.5 Å². The van der Waals surface area contributed by atoms with E-state index in [1.807, 2.05) is 13.8 Å². The van der Waals surface area contributed by atoms with Crippen LogP contribution < -0.4 is 10.6 Å². The van der Waals surface area contributed by atoms with Crippen molar-refractivity contribution in [2.75, 3.05) is 26.0 Å². The molecule has 2 heterocycles. The van der Waals surface area contributed by atoms with Crippen molar-refractivity contribution in [3.05, 3.63) is 35.6 Å². The predicted molar refractivity (Wildman–Crippen MR) is 146 cm³/mol. The summed E-state index contributed by atoms with van der Waals surface area (Å²) < 4.78 is 29.2. The molecule has 0 spiro atoms. The molecular formula is C27H42N2O9S. The van der Waals surface area contributed by atoms with E-state index in [2.05, 4.69) is 29.8 Å². The van der Waals surface area contributed by atoms with Crippen molar-refractivity contribution in [1.82, 2.24) is 10.6 Å². The van der Waals surface area contributed by atoms with Crippen LogP contribution in [0.1, 0.15) is 46.5 Å². The van der Waals surface area contributed by atoms with Crippen molar-refractivity contribution in [1.29, 1.82) is 0 Å². The van der Waals surface area contributed by atoms with E-state index in [0.717, 1.165) is 13.0 Å². The van der Waals surface area contributed by atoms with E-state index in [1.165, 1.54) is 20.1 Å². The number of hydrogen-bond acceptors (Lipinski definition) is 11. The second kappa shape index (κ2) is 14.2. The zero-order chi connectivity index (χ0) is 28.7. The van der Waals surface area contributed by atoms with Gasteiger partial charge in [-0.25, -0.2) is 4.79 Å². The zero-order valence-electron chi connectivity index (χ0n) is 23.1. The highest BCUT2D eigenvalue weighted by Crippen LogP contribution is 2.39. The Labute approximate surface area is 235 Å². The molecule has 0 aromatic heterocycles. The number of thiol groups is 1. The molecule has 12 heteroatoms. The predicted octanol–water partition coefficient (Wildman–Crippen LogP) is 1.74. The third kappa shape index (κ3) is 7.92. The lowest BCUT2D eigenvalue weighted by molar-refractivity contribution is -0.315. The van der Waals surface area contributed by atoms with E-state index in [4.69, 9.17) is 23.7 Å². The number of alkyl carbamates (subject to hydrolysis) is 1. The Kier molecular flexibility index (Phi) is 11.6. The number of ether oxygens (including phenoxy) is 5. The molecule has 0 bridgehead atoms. The van der Waals surface area contributed by atoms with Crippen LogP contribution in [0.2, 0.25) is 0 Å². The molecule has 1 amide bonds. The number of carbonyl (C=O) groups excluding carboxylic acids is 2. The Bertz CT molecular complexity index is 946. The van der Waals surface area contributed by atoms with Crippen LogP contribution in [0.25, 0.3) is 0 Å². The summed E-state index contributed by atoms with van der Waals surface area (Å²) in [5.41, 5.74) is -1.10. The fraction of sp³-hybridized carbons (Fsp3) is 0.704. The Balaban J connectivity index is 1.92. The third-order valence-electron chi connectivity index (χ3n) is 7.03. The first-order valence-corrected chi connectivity index (χ1v) is 14.0. The number of amides is 1. The molecule has 0 unspecified atom stereocenters. The van der Waals surface area contributed by atoms with E-state index in [9.17, 15) is 19.8 Å². The maximum atomic E-state index is 13.1. The van der Waals surface area contributed by atoms with Gasteiger partial charge in [0.05, 0.1) is 37.2 Å². The van der Waals surface area contributed by atoms with Gasteiger partial charge in [-0.3, -0.25) is 10.1 Å². The van der Waals surface area contributed by atoms with E-state index in [1.54, 1.807) is 6.08 Å². The summed E-state index contributed by atoms with van der Waals surface area (Å²) in [5.74, 6) is -0.267. The van der Waals surface area contributed by atoms with Crippen molar-refractivity contribution in [3.8, 4) is 0 Å². The van der Waals surface area contributed by atoms with E-state index >= 15 is 0 Å². The van der Waals surface area contributed by atoms with Crippen LogP contribution in [0, 0.1) is 0 Å². The van der Waals surface area contributed by atoms with Gasteiger partial charge in [-0.05, 0) is 38.8 Å². The fourth-order valence-corrected chi connectivity index (χ4v) is 5.39. The first kappa shape index (κ1) is 31.8. The molecule has 8 atom stereocenters. The van der Waals surface area contributed by atoms with Gasteiger partial charge in [-0.15, -0.1) is 6.58 Å². The average molecular weight is 571 g/mol. The second-order valence-electron chi connectivity index (χ2n) is 10.2. The minimum absolute atomic E-state index is 0.0849. The summed E-state index contributed by atoms with van der Waals surface area (Å²) in [6.07, 6.45) is -1.10. The van der Waals surface area contributed by atoms with Crippen LogP contribution in [0.4, 0.5) is 4.79 Å². The fourth-order valence-electron chi connectivity index (χ4n) is 5.21. The smallest absolute Gasteiger partial charge is 0.411 e. The molecule has 1 aliphatic carbocycles. The van der Waals surface area contributed by atoms with Gasteiger partial charge in [0, 0.05) is 30.2 Å². The molecule has 220 valence electrons. The lowest BCUT2D eigenvalue weighted by Gasteiger charge is -2.43. The van der Waals surface area contributed by atoms with E-state index in [-0.39, 0.29) is 35.6 Å². The lowest BCUT2D eigenvalue weighted by atomic mass is 9.76. The Morgan fingerprint density at radius 3 is 2.72 bits per heavy atom. The lowest BCUT2D eigenvalue weighted by Crippen LogP contribution is -2.54. The zero-order valence-corrected chi connectivity index (χ0v) is 23.9. The van der Waals surface area contributed by atoms with E-state index in [0.29, 0.717) is 25.0 Å². The number of nitrogens with one attached hydrogen (secondary N) is 2. The summed E-state index contributed by atoms with van der Waals surface area (Å²) in [4.78, 5) is 25.2. The first-order valence-electron chi connectivity index (χ1n) is 13.3. The molecule has 39 heavy (non-hydrogen) atoms. The van der Waals surface area contributed by atoms with Crippen molar-refractivity contribution in [2.24, 2.45) is 0 Å². The summed E-state index contributed by atoms with van der Waals surface area (Å²) in [7, 11) is 1.18. The number of rotatable bonds is 10. The third-order valence-corrected chi connectivity index (χ3v) is 7.22. The standard InChI is InChI=1S/C27H42N2O9S/c1-6-20(22-17(10-11-39)27(4,33)13-19(31)23(22)29-26(32)34-5)37-25-24(18(30)12-15(3)36-25)38-21-9-8-16(14-35-21)28-7-2/h6,10,15-16,18,20-21,24-25,28,30,33,39H,1,7-9,11-14H2,2-5H3,(H,29,32)/b17-10-/t15-,16-,18+,20+,21+,24-,25+,27+/m1/s1. The van der Waals surface area contributed by atoms with Gasteiger partial charge in [0.15, 0.2) is 18.4 Å². The van der Waals surface area contributed by atoms with Gasteiger partial charge < -0.3 is 39.2 Å². The van der Waals surface area contributed by atoms with Crippen LogP contribution in [-0.2, 0) is 28.5 Å². The summed E-state index contributed by atoms with van der Waals surface area (Å²) in [6, 6.07) is 0.237. The Morgan fingerprint density at radius 1 is 1.38 bits per heavy atom. The largest absolute Gasteiger partial charge is 0.453 e. The van der Waals surface area contributed by atoms with Gasteiger partial charge in [0.2, 0.25) is 0 Å². The number of ketones is 1. The highest BCUT2D eigenvalue weighted by atomic mass is 32.1. The summed E-state index contributed by atoms with van der Waals surface area (Å²) >= 11 is 4.28. The van der Waals surface area contributed by atoms with Crippen molar-refractivity contribution < 1.29 is 43.5 Å². The second-order valence-corrected chi connectivity index (χ2v) is 10.6. The number of likely N-dealkylation sites (N-methyl/N-ethyl adjacent to an activating group) is 1. The van der Waals surface area contributed by atoms with Crippen molar-refractivity contribution in [2.45, 2.75) is 95.1 Å². The molecule has 0 saturated carbocycles. The molecule has 2 fully saturated rings. The Hall–Kier alpha value is -1.77. The van der Waals surface area contributed by atoms with Crippen LogP contribution in [0.5, 0.6) is 0 Å². The molecule has 4 N–H and O–H groups in total. The van der Waals surface area contributed by atoms with Gasteiger partial charge in [-0.2, -0.15) is 12.6 Å². The number of methoxy groups -OCH3 is 1. The first-order chi connectivity index (χ1) is 18.5. The minimum Gasteiger partial charge on any atom is -0.453 e. The van der Waals surface area contributed by atoms with Crippen LogP contribution in [0.15, 0.2) is 35.6 Å². The molecule has 2 saturated heterocycles. The number of Topliss-reactive ketones (excluding diaryl/α,β-unsaturated/α-hetero) is 1. The van der Waals surface area contributed by atoms with Gasteiger partial charge in [-0.1, -0.05) is 19.1 Å². The molecule has 0 aromatic rings. The number of allylic oxidation sites excluding steroid dienone is 1. The number of aliphatic hydroxyl groups is 2. The number of aliphatic hydroxyl groups excluding tert-OH is 1. The number of carbonyl (C=O) groups is 2. The maximum Gasteiger partial charge on any atom is 0.411 e. The average Bonchev–Trinajstić information content (AvgIpc) is 2.88. The van der Waals surface area contributed by atoms with Crippen LogP contribution in [0.3, 0.4) is 0 Å². The highest BCUT2D eigenvalue weighted by molar-refractivity contribution is 7.80. The Morgan fingerprint density at radius 2 is 2.13 bits per heavy atom. The molecule has 0 radical (unpaired) electrons. The number of hydrogen-bond donors (Lipinski definition) is 5. The minimum atomic E-state index is -1.56. The SMILES string of the molecule is C=C[C@H](O[C@@H]1O[C@H](C)C[C@H](O)[C@H]1O[C@H]1CC[C@@H](NCC)CO1)C1=C(NC(=O)OC)C(=O)C[C@](C)(O)/C1=C\CS. The highest BCUT2D eigenvalue weighted by Gasteiger charge is 2.45. The van der Waals surface area contributed by atoms with Gasteiger partial charge in [0.1, 0.15) is 12.2 Å². The molecule has 3 rings (SSSR count). The molecular weight excluding hydrogens is 528 g/mol. The maximum absolute atomic E-state index is 13.1. The van der Waals surface area contributed by atoms with Crippen LogP contribution >= 0.6 is 12.6 Å². The molecule has 3 aliphatic rings. The molecule has 0 aromatic carbocycles. The molecule has 2 aliphatic heterocycles. The summed E-state index contributed by atoms with van der Waals surface area (Å²) in [5, 5.41) is 28.0. The van der Waals surface area contributed by atoms with Gasteiger partial charge >= 0.3 is 6.09 Å².